The molecular formula is C12H18O2. The zero-order valence-corrected chi connectivity index (χ0v) is 9.24. The van der Waals surface area contributed by atoms with E-state index in [4.69, 9.17) is 4.74 Å². The van der Waals surface area contributed by atoms with Crippen LogP contribution in [0.25, 0.3) is 0 Å². The lowest BCUT2D eigenvalue weighted by Crippen LogP contribution is -2.35. The maximum atomic E-state index is 10.2. The Kier molecular flexibility index (Phi) is 3.29. The lowest BCUT2D eigenvalue weighted by atomic mass is 9.90. The number of ether oxygens (including phenoxy) is 1. The van der Waals surface area contributed by atoms with Crippen LogP contribution in [-0.2, 0) is 10.3 Å². The van der Waals surface area contributed by atoms with Gasteiger partial charge in [0.2, 0.25) is 0 Å². The van der Waals surface area contributed by atoms with E-state index >= 15 is 0 Å². The second kappa shape index (κ2) is 4.11. The van der Waals surface area contributed by atoms with Crippen molar-refractivity contribution >= 4 is 0 Å². The van der Waals surface area contributed by atoms with E-state index in [2.05, 4.69) is 0 Å². The fourth-order valence-corrected chi connectivity index (χ4v) is 1.36. The van der Waals surface area contributed by atoms with Crippen LogP contribution in [0.4, 0.5) is 0 Å². The molecule has 0 radical (unpaired) electrons. The first-order chi connectivity index (χ1) is 6.48. The zero-order valence-electron chi connectivity index (χ0n) is 9.24. The number of benzene rings is 1. The van der Waals surface area contributed by atoms with Crippen LogP contribution >= 0.6 is 0 Å². The molecule has 1 rings (SSSR count). The van der Waals surface area contributed by atoms with Crippen molar-refractivity contribution in [2.75, 3.05) is 7.11 Å². The third-order valence-electron chi connectivity index (χ3n) is 2.78. The summed E-state index contributed by atoms with van der Waals surface area (Å²) < 4.78 is 5.15. The van der Waals surface area contributed by atoms with Crippen molar-refractivity contribution in [2.45, 2.75) is 32.5 Å². The number of methoxy groups -OCH3 is 1. The standard InChI is InChI=1S/C12H18O2/c1-9-5-7-11(8-6-9)12(3,13)10(2)14-4/h5-8,10,13H,1-4H3. The average Bonchev–Trinajstić information content (AvgIpc) is 2.17. The maximum absolute atomic E-state index is 10.2. The van der Waals surface area contributed by atoms with E-state index in [1.165, 1.54) is 5.56 Å². The highest BCUT2D eigenvalue weighted by molar-refractivity contribution is 5.26. The molecule has 0 aliphatic heterocycles. The summed E-state index contributed by atoms with van der Waals surface area (Å²) in [6, 6.07) is 7.86. The first-order valence-electron chi connectivity index (χ1n) is 4.80. The minimum absolute atomic E-state index is 0.217. The summed E-state index contributed by atoms with van der Waals surface area (Å²) in [4.78, 5) is 0. The van der Waals surface area contributed by atoms with Crippen LogP contribution < -0.4 is 0 Å². The van der Waals surface area contributed by atoms with Crippen molar-refractivity contribution in [2.24, 2.45) is 0 Å². The number of hydrogen-bond acceptors (Lipinski definition) is 2. The molecular weight excluding hydrogens is 176 g/mol. The van der Waals surface area contributed by atoms with E-state index in [-0.39, 0.29) is 6.10 Å². The molecule has 0 saturated carbocycles. The normalized spacial score (nSPS) is 17.5. The molecule has 1 aromatic rings. The van der Waals surface area contributed by atoms with Gasteiger partial charge in [-0.3, -0.25) is 0 Å². The minimum Gasteiger partial charge on any atom is -0.383 e. The van der Waals surface area contributed by atoms with Crippen molar-refractivity contribution in [3.05, 3.63) is 35.4 Å². The number of rotatable bonds is 3. The van der Waals surface area contributed by atoms with Crippen LogP contribution in [-0.4, -0.2) is 18.3 Å². The number of aryl methyl sites for hydroxylation is 1. The first-order valence-corrected chi connectivity index (χ1v) is 4.80. The lowest BCUT2D eigenvalue weighted by Gasteiger charge is -2.29. The Labute approximate surface area is 85.5 Å². The van der Waals surface area contributed by atoms with Gasteiger partial charge >= 0.3 is 0 Å². The summed E-state index contributed by atoms with van der Waals surface area (Å²) in [6.45, 7) is 5.66. The van der Waals surface area contributed by atoms with E-state index in [0.29, 0.717) is 0 Å². The molecule has 14 heavy (non-hydrogen) atoms. The highest BCUT2D eigenvalue weighted by atomic mass is 16.5. The molecule has 0 spiro atoms. The van der Waals surface area contributed by atoms with Gasteiger partial charge in [0.15, 0.2) is 0 Å². The van der Waals surface area contributed by atoms with E-state index in [9.17, 15) is 5.11 Å². The van der Waals surface area contributed by atoms with Gasteiger partial charge in [-0.25, -0.2) is 0 Å². The van der Waals surface area contributed by atoms with Crippen molar-refractivity contribution in [1.29, 1.82) is 0 Å². The van der Waals surface area contributed by atoms with Crippen LogP contribution in [0.5, 0.6) is 0 Å². The highest BCUT2D eigenvalue weighted by Crippen LogP contribution is 2.26. The Bertz CT molecular complexity index is 288. The van der Waals surface area contributed by atoms with Crippen LogP contribution in [0.1, 0.15) is 25.0 Å². The Hall–Kier alpha value is -0.860. The summed E-state index contributed by atoms with van der Waals surface area (Å²) in [7, 11) is 1.60. The molecule has 0 saturated heterocycles. The summed E-state index contributed by atoms with van der Waals surface area (Å²) in [5.41, 5.74) is 1.15. The SMILES string of the molecule is COC(C)C(C)(O)c1ccc(C)cc1. The Morgan fingerprint density at radius 2 is 1.79 bits per heavy atom. The van der Waals surface area contributed by atoms with Crippen molar-refractivity contribution in [3.63, 3.8) is 0 Å². The van der Waals surface area contributed by atoms with E-state index < -0.39 is 5.60 Å². The molecule has 0 aliphatic rings. The second-order valence-corrected chi connectivity index (χ2v) is 3.89. The molecule has 78 valence electrons. The van der Waals surface area contributed by atoms with Crippen LogP contribution in [0.3, 0.4) is 0 Å². The third-order valence-corrected chi connectivity index (χ3v) is 2.78. The first kappa shape index (κ1) is 11.2. The minimum atomic E-state index is -0.928. The summed E-state index contributed by atoms with van der Waals surface area (Å²) in [5, 5.41) is 10.2. The Morgan fingerprint density at radius 3 is 2.21 bits per heavy atom. The fourth-order valence-electron chi connectivity index (χ4n) is 1.36. The topological polar surface area (TPSA) is 29.5 Å². The van der Waals surface area contributed by atoms with Gasteiger partial charge in [0.1, 0.15) is 5.60 Å². The zero-order chi connectivity index (χ0) is 10.8. The molecule has 1 aromatic carbocycles. The quantitative estimate of drug-likeness (QED) is 0.799. The molecule has 0 aliphatic carbocycles. The van der Waals surface area contributed by atoms with Gasteiger partial charge in [0.25, 0.3) is 0 Å². The van der Waals surface area contributed by atoms with Crippen LogP contribution in [0, 0.1) is 6.92 Å². The molecule has 0 fully saturated rings. The monoisotopic (exact) mass is 194 g/mol. The molecule has 2 heteroatoms. The predicted molar refractivity (Wildman–Crippen MR) is 57.2 cm³/mol. The Balaban J connectivity index is 2.97. The van der Waals surface area contributed by atoms with Gasteiger partial charge in [0.05, 0.1) is 6.10 Å². The van der Waals surface area contributed by atoms with Gasteiger partial charge in [-0.15, -0.1) is 0 Å². The van der Waals surface area contributed by atoms with E-state index in [0.717, 1.165) is 5.56 Å². The van der Waals surface area contributed by atoms with Gasteiger partial charge in [-0.2, -0.15) is 0 Å². The molecule has 0 heterocycles. The average molecular weight is 194 g/mol. The maximum Gasteiger partial charge on any atom is 0.113 e. The third kappa shape index (κ3) is 2.14. The van der Waals surface area contributed by atoms with Gasteiger partial charge in [0, 0.05) is 7.11 Å². The highest BCUT2D eigenvalue weighted by Gasteiger charge is 2.30. The van der Waals surface area contributed by atoms with Crippen LogP contribution in [0.15, 0.2) is 24.3 Å². The number of aliphatic hydroxyl groups is 1. The second-order valence-electron chi connectivity index (χ2n) is 3.89. The van der Waals surface area contributed by atoms with Gasteiger partial charge < -0.3 is 9.84 Å². The molecule has 0 bridgehead atoms. The summed E-state index contributed by atoms with van der Waals surface area (Å²) in [6.07, 6.45) is -0.217. The van der Waals surface area contributed by atoms with E-state index in [1.54, 1.807) is 14.0 Å². The Morgan fingerprint density at radius 1 is 1.29 bits per heavy atom. The van der Waals surface area contributed by atoms with E-state index in [1.807, 2.05) is 38.1 Å². The van der Waals surface area contributed by atoms with Crippen molar-refractivity contribution in [3.8, 4) is 0 Å². The van der Waals surface area contributed by atoms with Crippen LogP contribution in [0.2, 0.25) is 0 Å². The lowest BCUT2D eigenvalue weighted by molar-refractivity contribution is -0.0772. The fraction of sp³-hybridized carbons (Fsp3) is 0.500. The number of hydrogen-bond donors (Lipinski definition) is 1. The molecule has 2 nitrogen and oxygen atoms in total. The molecule has 0 aromatic heterocycles. The largest absolute Gasteiger partial charge is 0.383 e. The van der Waals surface area contributed by atoms with Crippen molar-refractivity contribution in [1.82, 2.24) is 0 Å². The predicted octanol–water partition coefficient (Wildman–Crippen LogP) is 2.24. The smallest absolute Gasteiger partial charge is 0.113 e. The summed E-state index contributed by atoms with van der Waals surface area (Å²) >= 11 is 0. The molecule has 1 N–H and O–H groups in total. The van der Waals surface area contributed by atoms with Gasteiger partial charge in [-0.05, 0) is 26.3 Å². The van der Waals surface area contributed by atoms with Crippen molar-refractivity contribution < 1.29 is 9.84 Å². The molecule has 2 unspecified atom stereocenters. The molecule has 2 atom stereocenters. The summed E-state index contributed by atoms with van der Waals surface area (Å²) in [5.74, 6) is 0. The molecule has 0 amide bonds. The van der Waals surface area contributed by atoms with Gasteiger partial charge in [-0.1, -0.05) is 29.8 Å².